The summed E-state index contributed by atoms with van der Waals surface area (Å²) in [4.78, 5) is 3.67. The molecule has 0 radical (unpaired) electrons. The lowest BCUT2D eigenvalue weighted by Crippen LogP contribution is -2.44. The molecule has 3 rings (SSSR count). The molecule has 1 aromatic carbocycles. The first-order valence-electron chi connectivity index (χ1n) is 6.69. The van der Waals surface area contributed by atoms with Gasteiger partial charge < -0.3 is 4.52 Å². The van der Waals surface area contributed by atoms with Crippen molar-refractivity contribution in [3.8, 4) is 0 Å². The molecule has 9 heteroatoms. The van der Waals surface area contributed by atoms with Crippen LogP contribution in [0.2, 0.25) is 5.02 Å². The number of rotatable bonds is 4. The normalized spacial score (nSPS) is 17.7. The number of aromatic nitrogens is 2. The van der Waals surface area contributed by atoms with E-state index in [0.717, 1.165) is 31.4 Å². The van der Waals surface area contributed by atoms with Gasteiger partial charge in [0.2, 0.25) is 16.4 Å². The van der Waals surface area contributed by atoms with E-state index in [0.29, 0.717) is 12.8 Å². The monoisotopic (exact) mass is 345 g/mol. The molecule has 1 saturated carbocycles. The third-order valence-corrected chi connectivity index (χ3v) is 5.78. The third-order valence-electron chi connectivity index (χ3n) is 3.76. The van der Waals surface area contributed by atoms with Crippen molar-refractivity contribution in [1.29, 1.82) is 0 Å². The van der Waals surface area contributed by atoms with Crippen molar-refractivity contribution in [2.75, 3.05) is 0 Å². The van der Waals surface area contributed by atoms with Crippen LogP contribution >= 0.6 is 11.6 Å². The van der Waals surface area contributed by atoms with Crippen LogP contribution in [0.1, 0.15) is 31.5 Å². The summed E-state index contributed by atoms with van der Waals surface area (Å²) in [6.45, 7) is 0. The maximum Gasteiger partial charge on any atom is 0.243 e. The van der Waals surface area contributed by atoms with Crippen LogP contribution in [0.3, 0.4) is 0 Å². The summed E-state index contributed by atoms with van der Waals surface area (Å²) >= 11 is 5.90. The Hall–Kier alpha value is -1.51. The fourth-order valence-corrected chi connectivity index (χ4v) is 4.66. The van der Waals surface area contributed by atoms with Crippen LogP contribution in [0, 0.1) is 5.82 Å². The number of hydrogen-bond acceptors (Lipinski definition) is 5. The lowest BCUT2D eigenvalue weighted by Gasteiger charge is -2.26. The average molecular weight is 346 g/mol. The number of halogens is 2. The zero-order chi connectivity index (χ0) is 15.8. The van der Waals surface area contributed by atoms with Gasteiger partial charge in [0.1, 0.15) is 10.7 Å². The predicted octanol–water partition coefficient (Wildman–Crippen LogP) is 2.61. The molecule has 6 nitrogen and oxygen atoms in total. The molecule has 0 unspecified atom stereocenters. The SMILES string of the molecule is O=S(=O)(NC1(c2ncon2)CCCC1)c1cc(F)ccc1Cl. The summed E-state index contributed by atoms with van der Waals surface area (Å²) in [7, 11) is -4.02. The first kappa shape index (κ1) is 15.4. The fourth-order valence-electron chi connectivity index (χ4n) is 2.73. The van der Waals surface area contributed by atoms with Crippen LogP contribution in [-0.2, 0) is 15.6 Å². The van der Waals surface area contributed by atoms with Crippen LogP contribution < -0.4 is 4.72 Å². The lowest BCUT2D eigenvalue weighted by atomic mass is 9.99. The highest BCUT2D eigenvalue weighted by atomic mass is 35.5. The van der Waals surface area contributed by atoms with E-state index in [1.54, 1.807) is 0 Å². The van der Waals surface area contributed by atoms with Crippen molar-refractivity contribution in [2.45, 2.75) is 36.1 Å². The van der Waals surface area contributed by atoms with Crippen LogP contribution in [0.5, 0.6) is 0 Å². The van der Waals surface area contributed by atoms with Gasteiger partial charge in [-0.1, -0.05) is 29.6 Å². The molecular weight excluding hydrogens is 333 g/mol. The van der Waals surface area contributed by atoms with Gasteiger partial charge in [0.05, 0.1) is 10.6 Å². The Morgan fingerprint density at radius 3 is 2.68 bits per heavy atom. The summed E-state index contributed by atoms with van der Waals surface area (Å²) in [6.07, 6.45) is 3.89. The highest BCUT2D eigenvalue weighted by Gasteiger charge is 2.43. The summed E-state index contributed by atoms with van der Waals surface area (Å²) in [6, 6.07) is 3.20. The minimum Gasteiger partial charge on any atom is -0.343 e. The summed E-state index contributed by atoms with van der Waals surface area (Å²) < 4.78 is 45.9. The number of nitrogens with one attached hydrogen (secondary N) is 1. The van der Waals surface area contributed by atoms with E-state index in [9.17, 15) is 12.8 Å². The zero-order valence-electron chi connectivity index (χ0n) is 11.4. The molecule has 0 aliphatic heterocycles. The second-order valence-corrected chi connectivity index (χ2v) is 7.28. The highest BCUT2D eigenvalue weighted by Crippen LogP contribution is 2.38. The molecule has 1 N–H and O–H groups in total. The Balaban J connectivity index is 2.01. The van der Waals surface area contributed by atoms with Gasteiger partial charge in [0, 0.05) is 0 Å². The maximum atomic E-state index is 13.4. The smallest absolute Gasteiger partial charge is 0.243 e. The van der Waals surface area contributed by atoms with Crippen LogP contribution in [-0.4, -0.2) is 18.6 Å². The quantitative estimate of drug-likeness (QED) is 0.920. The summed E-state index contributed by atoms with van der Waals surface area (Å²) in [5.74, 6) is -0.397. The van der Waals surface area contributed by atoms with E-state index >= 15 is 0 Å². The minimum atomic E-state index is -4.02. The Labute approximate surface area is 131 Å². The molecule has 0 amide bonds. The van der Waals surface area contributed by atoms with Crippen molar-refractivity contribution in [3.63, 3.8) is 0 Å². The van der Waals surface area contributed by atoms with Crippen molar-refractivity contribution >= 4 is 21.6 Å². The predicted molar refractivity (Wildman–Crippen MR) is 76.2 cm³/mol. The standard InChI is InChI=1S/C13H13ClFN3O3S/c14-10-4-3-9(15)7-11(10)22(19,20)18-13(5-1-2-6-13)12-16-8-21-17-12/h3-4,7-8,18H,1-2,5-6H2. The summed E-state index contributed by atoms with van der Waals surface area (Å²) in [5.41, 5.74) is -0.943. The number of nitrogens with zero attached hydrogens (tertiary/aromatic N) is 2. The molecule has 0 saturated heterocycles. The molecule has 1 heterocycles. The fraction of sp³-hybridized carbons (Fsp3) is 0.385. The second-order valence-electron chi connectivity index (χ2n) is 5.22. The van der Waals surface area contributed by atoms with Gasteiger partial charge in [0.15, 0.2) is 5.82 Å². The maximum absolute atomic E-state index is 13.4. The van der Waals surface area contributed by atoms with Crippen molar-refractivity contribution in [2.24, 2.45) is 0 Å². The Kier molecular flexibility index (Phi) is 3.92. The molecule has 1 fully saturated rings. The molecule has 0 spiro atoms. The average Bonchev–Trinajstić information content (AvgIpc) is 3.12. The number of hydrogen-bond donors (Lipinski definition) is 1. The molecular formula is C13H13ClFN3O3S. The van der Waals surface area contributed by atoms with Gasteiger partial charge in [-0.05, 0) is 31.0 Å². The van der Waals surface area contributed by atoms with Crippen molar-refractivity contribution < 1.29 is 17.3 Å². The Morgan fingerprint density at radius 2 is 2.05 bits per heavy atom. The van der Waals surface area contributed by atoms with Crippen molar-refractivity contribution in [1.82, 2.24) is 14.9 Å². The van der Waals surface area contributed by atoms with Gasteiger partial charge >= 0.3 is 0 Å². The van der Waals surface area contributed by atoms with Crippen LogP contribution in [0.4, 0.5) is 4.39 Å². The molecule has 118 valence electrons. The third kappa shape index (κ3) is 2.73. The van der Waals surface area contributed by atoms with E-state index in [1.165, 1.54) is 6.07 Å². The van der Waals surface area contributed by atoms with Gasteiger partial charge in [-0.2, -0.15) is 9.71 Å². The Morgan fingerprint density at radius 1 is 1.32 bits per heavy atom. The molecule has 0 atom stereocenters. The minimum absolute atomic E-state index is 0.0461. The second kappa shape index (κ2) is 5.60. The first-order valence-corrected chi connectivity index (χ1v) is 8.55. The zero-order valence-corrected chi connectivity index (χ0v) is 13.0. The lowest BCUT2D eigenvalue weighted by molar-refractivity contribution is 0.344. The molecule has 2 aromatic rings. The first-order chi connectivity index (χ1) is 10.4. The van der Waals surface area contributed by atoms with Gasteiger partial charge in [-0.3, -0.25) is 0 Å². The van der Waals surface area contributed by atoms with Crippen molar-refractivity contribution in [3.05, 3.63) is 41.3 Å². The largest absolute Gasteiger partial charge is 0.343 e. The summed E-state index contributed by atoms with van der Waals surface area (Å²) in [5, 5.41) is 3.72. The molecule has 22 heavy (non-hydrogen) atoms. The van der Waals surface area contributed by atoms with E-state index < -0.39 is 21.4 Å². The molecule has 0 bridgehead atoms. The van der Waals surface area contributed by atoms with E-state index in [2.05, 4.69) is 14.9 Å². The van der Waals surface area contributed by atoms with E-state index in [1.807, 2.05) is 0 Å². The molecule has 1 aromatic heterocycles. The number of benzene rings is 1. The van der Waals surface area contributed by atoms with E-state index in [4.69, 9.17) is 16.1 Å². The van der Waals surface area contributed by atoms with Crippen LogP contribution in [0.15, 0.2) is 34.0 Å². The topological polar surface area (TPSA) is 85.1 Å². The molecule has 1 aliphatic rings. The Bertz CT molecular complexity index is 774. The molecule has 1 aliphatic carbocycles. The highest BCUT2D eigenvalue weighted by molar-refractivity contribution is 7.89. The van der Waals surface area contributed by atoms with Crippen LogP contribution in [0.25, 0.3) is 0 Å². The van der Waals surface area contributed by atoms with E-state index in [-0.39, 0.29) is 15.7 Å². The number of sulfonamides is 1. The van der Waals surface area contributed by atoms with Gasteiger partial charge in [-0.15, -0.1) is 0 Å². The van der Waals surface area contributed by atoms with Gasteiger partial charge in [0.25, 0.3) is 0 Å². The van der Waals surface area contributed by atoms with Gasteiger partial charge in [-0.25, -0.2) is 12.8 Å².